The Bertz CT molecular complexity index is 531. The maximum atomic E-state index is 12.0. The Morgan fingerprint density at radius 2 is 1.81 bits per heavy atom. The fourth-order valence-electron chi connectivity index (χ4n) is 1.27. The molecule has 1 atom stereocenters. The summed E-state index contributed by atoms with van der Waals surface area (Å²) in [6.07, 6.45) is -0.563. The molecule has 8 heteroatoms. The smallest absolute Gasteiger partial charge is 0.405 e. The van der Waals surface area contributed by atoms with E-state index in [1.165, 1.54) is 12.1 Å². The molecule has 118 valence electrons. The Hall–Kier alpha value is -0.980. The van der Waals surface area contributed by atoms with Crippen LogP contribution in [0.2, 0.25) is 0 Å². The lowest BCUT2D eigenvalue weighted by Gasteiger charge is -2.18. The van der Waals surface area contributed by atoms with Crippen molar-refractivity contribution >= 4 is 24.5 Å². The number of ether oxygens (including phenoxy) is 1. The van der Waals surface area contributed by atoms with Crippen molar-refractivity contribution in [3.63, 3.8) is 0 Å². The first-order valence-corrected chi connectivity index (χ1v) is 8.98. The van der Waals surface area contributed by atoms with Crippen LogP contribution in [0.15, 0.2) is 24.3 Å². The Balaban J connectivity index is 2.88. The second-order valence-corrected chi connectivity index (χ2v) is 7.38. The van der Waals surface area contributed by atoms with E-state index >= 15 is 0 Å². The molecule has 1 unspecified atom stereocenters. The molecule has 6 nitrogen and oxygen atoms in total. The van der Waals surface area contributed by atoms with Gasteiger partial charge in [0, 0.05) is 11.8 Å². The molecule has 0 aliphatic rings. The molecular formula is C13H19O6PS. The van der Waals surface area contributed by atoms with E-state index in [4.69, 9.17) is 30.6 Å². The topological polar surface area (TPSA) is 74.2 Å². The fraction of sp³-hybridized carbons (Fsp3) is 0.462. The first-order chi connectivity index (χ1) is 9.71. The molecule has 1 N–H and O–H groups in total. The summed E-state index contributed by atoms with van der Waals surface area (Å²) in [5, 5.41) is 0. The van der Waals surface area contributed by atoms with Gasteiger partial charge in [-0.25, -0.2) is 9.68 Å². The monoisotopic (exact) mass is 334 g/mol. The molecule has 0 saturated carbocycles. The summed E-state index contributed by atoms with van der Waals surface area (Å²) in [7, 11) is 0. The third-order valence-corrected chi connectivity index (χ3v) is 3.10. The molecule has 0 aliphatic carbocycles. The zero-order chi connectivity index (χ0) is 16.0. The number of carbonyl (C=O) groups excluding carboxylic acids is 1. The van der Waals surface area contributed by atoms with Crippen LogP contribution in [0.1, 0.15) is 38.1 Å². The molecule has 0 aliphatic heterocycles. The number of hydrogen-bond donors (Lipinski definition) is 1. The second kappa shape index (κ2) is 7.87. The minimum Gasteiger partial charge on any atom is -0.459 e. The van der Waals surface area contributed by atoms with Crippen molar-refractivity contribution in [3.05, 3.63) is 29.8 Å². The average molecular weight is 334 g/mol. The molecule has 1 aromatic carbocycles. The number of esters is 1. The van der Waals surface area contributed by atoms with Crippen molar-refractivity contribution in [2.24, 2.45) is 0 Å². The summed E-state index contributed by atoms with van der Waals surface area (Å²) in [4.78, 5) is 26.7. The Morgan fingerprint density at radius 3 is 2.38 bits per heavy atom. The van der Waals surface area contributed by atoms with E-state index in [9.17, 15) is 9.69 Å². The van der Waals surface area contributed by atoms with Crippen molar-refractivity contribution in [1.82, 2.24) is 0 Å². The molecule has 0 saturated heterocycles. The Labute approximate surface area is 129 Å². The number of carbonyl (C=O) groups is 1. The van der Waals surface area contributed by atoms with Gasteiger partial charge < -0.3 is 14.2 Å². The minimum absolute atomic E-state index is 0.0846. The van der Waals surface area contributed by atoms with Gasteiger partial charge in [0.15, 0.2) is 0 Å². The van der Waals surface area contributed by atoms with Gasteiger partial charge in [0.05, 0.1) is 12.2 Å². The summed E-state index contributed by atoms with van der Waals surface area (Å²) in [5.41, 5.74) is 0.155. The molecule has 0 fully saturated rings. The number of benzene rings is 1. The van der Waals surface area contributed by atoms with Crippen LogP contribution in [-0.4, -0.2) is 23.1 Å². The highest BCUT2D eigenvalue weighted by Gasteiger charge is 2.23. The number of hydrogen-bond acceptors (Lipinski definition) is 6. The van der Waals surface area contributed by atoms with E-state index < -0.39 is 12.7 Å². The highest BCUT2D eigenvalue weighted by molar-refractivity contribution is 8.07. The summed E-state index contributed by atoms with van der Waals surface area (Å²) in [6, 6.07) is 6.29. The molecule has 0 radical (unpaired) electrons. The van der Waals surface area contributed by atoms with E-state index in [-0.39, 0.29) is 23.5 Å². The predicted octanol–water partition coefficient (Wildman–Crippen LogP) is 3.20. The van der Waals surface area contributed by atoms with Gasteiger partial charge >= 0.3 is 12.7 Å². The van der Waals surface area contributed by atoms with Crippen LogP contribution in [0.4, 0.5) is 0 Å². The van der Waals surface area contributed by atoms with Crippen LogP contribution >= 0.6 is 6.72 Å². The van der Waals surface area contributed by atoms with Gasteiger partial charge in [-0.1, -0.05) is 12.1 Å². The standard InChI is InChI=1S/C13H19O6PS/c1-9(2)16-13(14)11-7-5-6-8-12(11)18-20(15,21)19-17-10(3)4/h5-10H,1-4H3,(H,15,21). The number of rotatable bonds is 7. The number of para-hydroxylation sites is 1. The highest BCUT2D eigenvalue weighted by atomic mass is 32.5. The van der Waals surface area contributed by atoms with Crippen LogP contribution < -0.4 is 4.52 Å². The molecule has 0 spiro atoms. The SMILES string of the molecule is CC(C)OOP(O)(=S)Oc1ccccc1C(=O)OC(C)C. The Morgan fingerprint density at radius 1 is 1.19 bits per heavy atom. The summed E-state index contributed by atoms with van der Waals surface area (Å²) < 4.78 is 15.0. The molecule has 1 aromatic rings. The van der Waals surface area contributed by atoms with Crippen molar-refractivity contribution < 1.29 is 28.5 Å². The lowest BCUT2D eigenvalue weighted by atomic mass is 10.2. The van der Waals surface area contributed by atoms with E-state index in [0.717, 1.165) is 0 Å². The summed E-state index contributed by atoms with van der Waals surface area (Å²) in [5.74, 6) is -0.485. The lowest BCUT2D eigenvalue weighted by molar-refractivity contribution is -0.240. The van der Waals surface area contributed by atoms with Gasteiger partial charge in [-0.15, -0.1) is 4.67 Å². The van der Waals surface area contributed by atoms with Gasteiger partial charge in [0.2, 0.25) is 0 Å². The second-order valence-electron chi connectivity index (χ2n) is 4.73. The molecule has 0 aromatic heterocycles. The Kier molecular flexibility index (Phi) is 6.77. The van der Waals surface area contributed by atoms with Gasteiger partial charge in [-0.05, 0) is 39.8 Å². The third-order valence-electron chi connectivity index (χ3n) is 1.99. The van der Waals surface area contributed by atoms with E-state index in [1.54, 1.807) is 39.8 Å². The quantitative estimate of drug-likeness (QED) is 0.355. The highest BCUT2D eigenvalue weighted by Crippen LogP contribution is 2.45. The van der Waals surface area contributed by atoms with E-state index in [0.29, 0.717) is 0 Å². The van der Waals surface area contributed by atoms with Gasteiger partial charge in [-0.3, -0.25) is 0 Å². The zero-order valence-corrected chi connectivity index (χ0v) is 14.0. The molecule has 0 amide bonds. The van der Waals surface area contributed by atoms with Crippen molar-refractivity contribution in [1.29, 1.82) is 0 Å². The molecular weight excluding hydrogens is 315 g/mol. The van der Waals surface area contributed by atoms with E-state index in [1.807, 2.05) is 0 Å². The van der Waals surface area contributed by atoms with E-state index in [2.05, 4.69) is 0 Å². The minimum atomic E-state index is -3.67. The molecule has 0 bridgehead atoms. The van der Waals surface area contributed by atoms with Gasteiger partial charge in [-0.2, -0.15) is 0 Å². The molecule has 0 heterocycles. The van der Waals surface area contributed by atoms with Gasteiger partial charge in [0.25, 0.3) is 0 Å². The largest absolute Gasteiger partial charge is 0.459 e. The lowest BCUT2D eigenvalue weighted by Crippen LogP contribution is -2.13. The van der Waals surface area contributed by atoms with Crippen LogP contribution in [0.5, 0.6) is 5.75 Å². The summed E-state index contributed by atoms with van der Waals surface area (Å²) >= 11 is 4.82. The molecule has 1 rings (SSSR count). The van der Waals surface area contributed by atoms with Crippen LogP contribution in [0.3, 0.4) is 0 Å². The van der Waals surface area contributed by atoms with Crippen molar-refractivity contribution in [2.45, 2.75) is 39.9 Å². The fourth-order valence-corrected chi connectivity index (χ4v) is 2.34. The average Bonchev–Trinajstić information content (AvgIpc) is 2.36. The molecule has 21 heavy (non-hydrogen) atoms. The normalized spacial score (nSPS) is 14.0. The van der Waals surface area contributed by atoms with Gasteiger partial charge in [0.1, 0.15) is 11.3 Å². The van der Waals surface area contributed by atoms with Crippen molar-refractivity contribution in [3.8, 4) is 5.75 Å². The first-order valence-electron chi connectivity index (χ1n) is 6.38. The van der Waals surface area contributed by atoms with Crippen molar-refractivity contribution in [2.75, 3.05) is 0 Å². The first kappa shape index (κ1) is 18.1. The van der Waals surface area contributed by atoms with Crippen LogP contribution in [0, 0.1) is 0 Å². The summed E-state index contributed by atoms with van der Waals surface area (Å²) in [6.45, 7) is 3.22. The maximum absolute atomic E-state index is 12.0. The predicted molar refractivity (Wildman–Crippen MR) is 81.4 cm³/mol. The van der Waals surface area contributed by atoms with Crippen LogP contribution in [0.25, 0.3) is 0 Å². The van der Waals surface area contributed by atoms with Crippen LogP contribution in [-0.2, 0) is 26.1 Å². The third kappa shape index (κ3) is 6.54. The maximum Gasteiger partial charge on any atom is 0.405 e. The zero-order valence-electron chi connectivity index (χ0n) is 12.3.